The topological polar surface area (TPSA) is 57.1 Å². The number of carbonyl (C=O) groups excluding carboxylic acids is 1. The first-order chi connectivity index (χ1) is 12.0. The number of hydrogen-bond acceptors (Lipinski definition) is 4. The molecule has 0 saturated carbocycles. The van der Waals surface area contributed by atoms with Gasteiger partial charge in [0, 0.05) is 51.0 Å². The molecule has 5 nitrogen and oxygen atoms in total. The van der Waals surface area contributed by atoms with Crippen LogP contribution >= 0.6 is 0 Å². The molecule has 0 unspecified atom stereocenters. The van der Waals surface area contributed by atoms with E-state index in [4.69, 9.17) is 6.42 Å². The lowest BCUT2D eigenvalue weighted by molar-refractivity contribution is -0.116. The van der Waals surface area contributed by atoms with E-state index in [-0.39, 0.29) is 5.91 Å². The number of terminal acetylenes is 1. The molecule has 0 aromatic heterocycles. The smallest absolute Gasteiger partial charge is 0.224 e. The number of carbonyl (C=O) groups is 1. The van der Waals surface area contributed by atoms with Crippen LogP contribution in [0.15, 0.2) is 28.4 Å². The number of benzene rings is 1. The lowest BCUT2D eigenvalue weighted by Gasteiger charge is -2.17. The fourth-order valence-electron chi connectivity index (χ4n) is 3.45. The Kier molecular flexibility index (Phi) is 5.19. The SMILES string of the molecule is C#CCCC1(CCC(=O)Nc2cccc3c2CN(CC(C)C)C3)N=N1. The van der Waals surface area contributed by atoms with Crippen molar-refractivity contribution in [3.63, 3.8) is 0 Å². The Hall–Kier alpha value is -2.19. The number of nitrogens with one attached hydrogen (secondary N) is 1. The molecule has 0 fully saturated rings. The van der Waals surface area contributed by atoms with Crippen molar-refractivity contribution in [1.29, 1.82) is 0 Å². The fraction of sp³-hybridized carbons (Fsp3) is 0.550. The van der Waals surface area contributed by atoms with Crippen LogP contribution in [0.25, 0.3) is 0 Å². The van der Waals surface area contributed by atoms with Crippen LogP contribution in [-0.2, 0) is 17.9 Å². The molecule has 0 saturated heterocycles. The zero-order valence-electron chi connectivity index (χ0n) is 15.1. The highest BCUT2D eigenvalue weighted by Gasteiger charge is 2.39. The summed E-state index contributed by atoms with van der Waals surface area (Å²) in [6.45, 7) is 7.40. The summed E-state index contributed by atoms with van der Waals surface area (Å²) in [5, 5.41) is 11.3. The molecule has 2 aliphatic rings. The van der Waals surface area contributed by atoms with E-state index in [2.05, 4.69) is 46.3 Å². The van der Waals surface area contributed by atoms with Crippen LogP contribution < -0.4 is 5.32 Å². The maximum absolute atomic E-state index is 12.4. The first-order valence-corrected chi connectivity index (χ1v) is 9.02. The molecule has 0 radical (unpaired) electrons. The molecule has 0 aliphatic carbocycles. The van der Waals surface area contributed by atoms with E-state index in [9.17, 15) is 4.79 Å². The second kappa shape index (κ2) is 7.37. The third-order valence-electron chi connectivity index (χ3n) is 4.75. The number of rotatable bonds is 8. The lowest BCUT2D eigenvalue weighted by Crippen LogP contribution is -2.22. The predicted molar refractivity (Wildman–Crippen MR) is 98.9 cm³/mol. The van der Waals surface area contributed by atoms with E-state index >= 15 is 0 Å². The van der Waals surface area contributed by atoms with Crippen molar-refractivity contribution in [2.24, 2.45) is 16.1 Å². The van der Waals surface area contributed by atoms with Gasteiger partial charge in [0.2, 0.25) is 5.91 Å². The molecular weight excluding hydrogens is 312 g/mol. The zero-order valence-corrected chi connectivity index (χ0v) is 15.1. The number of nitrogens with zero attached hydrogens (tertiary/aromatic N) is 3. The maximum Gasteiger partial charge on any atom is 0.224 e. The summed E-state index contributed by atoms with van der Waals surface area (Å²) in [4.78, 5) is 14.8. The quantitative estimate of drug-likeness (QED) is 0.730. The Balaban J connectivity index is 1.55. The molecule has 0 spiro atoms. The molecule has 0 atom stereocenters. The Morgan fingerprint density at radius 3 is 2.84 bits per heavy atom. The first-order valence-electron chi connectivity index (χ1n) is 9.02. The van der Waals surface area contributed by atoms with Gasteiger partial charge < -0.3 is 5.32 Å². The highest BCUT2D eigenvalue weighted by Crippen LogP contribution is 2.37. The van der Waals surface area contributed by atoms with Gasteiger partial charge in [-0.05, 0) is 23.1 Å². The molecule has 5 heteroatoms. The van der Waals surface area contributed by atoms with Gasteiger partial charge in [-0.15, -0.1) is 12.3 Å². The number of anilines is 1. The third-order valence-corrected chi connectivity index (χ3v) is 4.75. The number of fused-ring (bicyclic) bond motifs is 1. The zero-order chi connectivity index (χ0) is 17.9. The van der Waals surface area contributed by atoms with E-state index in [1.807, 2.05) is 12.1 Å². The van der Waals surface area contributed by atoms with Crippen molar-refractivity contribution in [1.82, 2.24) is 4.90 Å². The molecule has 25 heavy (non-hydrogen) atoms. The van der Waals surface area contributed by atoms with E-state index in [0.717, 1.165) is 31.7 Å². The van der Waals surface area contributed by atoms with Crippen molar-refractivity contribution in [3.8, 4) is 12.3 Å². The standard InChI is InChI=1S/C20H26N4O/c1-4-5-10-20(22-23-20)11-9-19(25)21-18-8-6-7-16-13-24(12-15(2)3)14-17(16)18/h1,6-8,15H,5,9-14H2,2-3H3,(H,21,25). The lowest BCUT2D eigenvalue weighted by atomic mass is 10.0. The van der Waals surface area contributed by atoms with Crippen molar-refractivity contribution in [2.45, 2.75) is 58.3 Å². The molecule has 2 heterocycles. The highest BCUT2D eigenvalue weighted by molar-refractivity contribution is 5.91. The van der Waals surface area contributed by atoms with Crippen LogP contribution in [0.5, 0.6) is 0 Å². The van der Waals surface area contributed by atoms with Crippen molar-refractivity contribution < 1.29 is 4.79 Å². The summed E-state index contributed by atoms with van der Waals surface area (Å²) in [6.07, 6.45) is 7.73. The normalized spacial score (nSPS) is 17.4. The molecule has 1 aromatic rings. The van der Waals surface area contributed by atoms with Crippen molar-refractivity contribution >= 4 is 11.6 Å². The molecule has 3 rings (SSSR count). The molecular formula is C20H26N4O. The van der Waals surface area contributed by atoms with Gasteiger partial charge >= 0.3 is 0 Å². The fourth-order valence-corrected chi connectivity index (χ4v) is 3.45. The monoisotopic (exact) mass is 338 g/mol. The minimum Gasteiger partial charge on any atom is -0.326 e. The molecule has 1 amide bonds. The summed E-state index contributed by atoms with van der Waals surface area (Å²) >= 11 is 0. The summed E-state index contributed by atoms with van der Waals surface area (Å²) in [5.74, 6) is 3.27. The molecule has 1 N–H and O–H groups in total. The predicted octanol–water partition coefficient (Wildman–Crippen LogP) is 3.95. The highest BCUT2D eigenvalue weighted by atomic mass is 16.1. The first kappa shape index (κ1) is 17.6. The Morgan fingerprint density at radius 1 is 1.36 bits per heavy atom. The van der Waals surface area contributed by atoms with Crippen molar-refractivity contribution in [3.05, 3.63) is 29.3 Å². The maximum atomic E-state index is 12.4. The van der Waals surface area contributed by atoms with E-state index in [1.54, 1.807) is 0 Å². The molecule has 132 valence electrons. The largest absolute Gasteiger partial charge is 0.326 e. The van der Waals surface area contributed by atoms with E-state index < -0.39 is 5.66 Å². The van der Waals surface area contributed by atoms with Crippen molar-refractivity contribution in [2.75, 3.05) is 11.9 Å². The van der Waals surface area contributed by atoms with Gasteiger partial charge in [-0.1, -0.05) is 26.0 Å². The van der Waals surface area contributed by atoms with Crippen LogP contribution in [0.2, 0.25) is 0 Å². The summed E-state index contributed by atoms with van der Waals surface area (Å²) < 4.78 is 0. The van der Waals surface area contributed by atoms with E-state index in [0.29, 0.717) is 25.2 Å². The van der Waals surface area contributed by atoms with Gasteiger partial charge in [0.15, 0.2) is 5.66 Å². The van der Waals surface area contributed by atoms with Gasteiger partial charge in [0.25, 0.3) is 0 Å². The second-order valence-electron chi connectivity index (χ2n) is 7.44. The summed E-state index contributed by atoms with van der Waals surface area (Å²) in [5.41, 5.74) is 3.11. The molecule has 0 bridgehead atoms. The average molecular weight is 338 g/mol. The van der Waals surface area contributed by atoms with E-state index in [1.165, 1.54) is 11.1 Å². The molecule has 2 aliphatic heterocycles. The van der Waals surface area contributed by atoms with Crippen LogP contribution in [0.4, 0.5) is 5.69 Å². The van der Waals surface area contributed by atoms with Gasteiger partial charge in [0.05, 0.1) is 0 Å². The van der Waals surface area contributed by atoms with Gasteiger partial charge in [-0.3, -0.25) is 9.69 Å². The number of hydrogen-bond donors (Lipinski definition) is 1. The summed E-state index contributed by atoms with van der Waals surface area (Å²) in [6, 6.07) is 6.17. The van der Waals surface area contributed by atoms with Crippen LogP contribution in [0.3, 0.4) is 0 Å². The Bertz CT molecular complexity index is 711. The Labute approximate surface area is 149 Å². The minimum absolute atomic E-state index is 0.0214. The van der Waals surface area contributed by atoms with Gasteiger partial charge in [-0.2, -0.15) is 10.2 Å². The van der Waals surface area contributed by atoms with Crippen LogP contribution in [0, 0.1) is 18.3 Å². The summed E-state index contributed by atoms with van der Waals surface area (Å²) in [7, 11) is 0. The minimum atomic E-state index is -0.392. The van der Waals surface area contributed by atoms with Crippen LogP contribution in [0.1, 0.15) is 50.7 Å². The van der Waals surface area contributed by atoms with Gasteiger partial charge in [-0.25, -0.2) is 0 Å². The molecule has 1 aromatic carbocycles. The van der Waals surface area contributed by atoms with Gasteiger partial charge in [0.1, 0.15) is 0 Å². The number of amides is 1. The van der Waals surface area contributed by atoms with Crippen LogP contribution in [-0.4, -0.2) is 23.0 Å². The third kappa shape index (κ3) is 4.46. The second-order valence-corrected chi connectivity index (χ2v) is 7.44. The Morgan fingerprint density at radius 2 is 2.16 bits per heavy atom. The average Bonchev–Trinajstić information content (AvgIpc) is 3.22.